The van der Waals surface area contributed by atoms with Gasteiger partial charge in [-0.15, -0.1) is 0 Å². The molecule has 0 N–H and O–H groups in total. The minimum absolute atomic E-state index is 0.244. The highest BCUT2D eigenvalue weighted by atomic mass is 35.5. The van der Waals surface area contributed by atoms with E-state index in [9.17, 15) is 8.42 Å². The molecule has 0 aliphatic carbocycles. The average molecular weight is 370 g/mol. The summed E-state index contributed by atoms with van der Waals surface area (Å²) < 4.78 is 26.3. The molecule has 1 aliphatic rings. The smallest absolute Gasteiger partial charge is 0.201 e. The van der Waals surface area contributed by atoms with Crippen molar-refractivity contribution in [3.05, 3.63) is 95.5 Å². The number of benzene rings is 3. The lowest BCUT2D eigenvalue weighted by Gasteiger charge is -2.06. The van der Waals surface area contributed by atoms with E-state index in [0.29, 0.717) is 9.92 Å². The number of sulfone groups is 1. The van der Waals surface area contributed by atoms with Crippen LogP contribution in [-0.2, 0) is 9.84 Å². The SMILES string of the molecule is O=S(=O)(c1ccccc1)C1C(c2cccc(Cl)c2)N1c1ccccc1. The predicted molar refractivity (Wildman–Crippen MR) is 101 cm³/mol. The van der Waals surface area contributed by atoms with Crippen LogP contribution in [0.25, 0.3) is 0 Å². The van der Waals surface area contributed by atoms with Gasteiger partial charge in [0.1, 0.15) is 0 Å². The normalized spacial score (nSPS) is 19.6. The lowest BCUT2D eigenvalue weighted by Crippen LogP contribution is -2.13. The number of halogens is 1. The Morgan fingerprint density at radius 2 is 1.44 bits per heavy atom. The summed E-state index contributed by atoms with van der Waals surface area (Å²) in [6.45, 7) is 0. The van der Waals surface area contributed by atoms with Gasteiger partial charge in [0.05, 0.1) is 10.9 Å². The fraction of sp³-hybridized carbons (Fsp3) is 0.100. The third-order valence-electron chi connectivity index (χ3n) is 4.39. The standard InChI is InChI=1S/C20H16ClNO2S/c21-16-9-7-8-15(14-16)19-20(22(19)17-10-3-1-4-11-17)25(23,24)18-12-5-2-6-13-18/h1-14,19-20H. The van der Waals surface area contributed by atoms with E-state index in [2.05, 4.69) is 0 Å². The van der Waals surface area contributed by atoms with E-state index < -0.39 is 15.2 Å². The molecule has 0 saturated carbocycles. The van der Waals surface area contributed by atoms with E-state index in [1.54, 1.807) is 30.3 Å². The van der Waals surface area contributed by atoms with Crippen molar-refractivity contribution < 1.29 is 8.42 Å². The monoisotopic (exact) mass is 369 g/mol. The van der Waals surface area contributed by atoms with Gasteiger partial charge in [-0.3, -0.25) is 0 Å². The van der Waals surface area contributed by atoms with Crippen molar-refractivity contribution in [2.75, 3.05) is 4.90 Å². The van der Waals surface area contributed by atoms with Gasteiger partial charge >= 0.3 is 0 Å². The van der Waals surface area contributed by atoms with Crippen molar-refractivity contribution in [3.63, 3.8) is 0 Å². The molecule has 1 heterocycles. The van der Waals surface area contributed by atoms with E-state index in [4.69, 9.17) is 11.6 Å². The first-order chi connectivity index (χ1) is 12.1. The van der Waals surface area contributed by atoms with E-state index in [0.717, 1.165) is 11.3 Å². The first-order valence-electron chi connectivity index (χ1n) is 7.97. The van der Waals surface area contributed by atoms with Gasteiger partial charge in [0, 0.05) is 10.7 Å². The quantitative estimate of drug-likeness (QED) is 0.625. The van der Waals surface area contributed by atoms with E-state index >= 15 is 0 Å². The fourth-order valence-electron chi connectivity index (χ4n) is 3.20. The highest BCUT2D eigenvalue weighted by Crippen LogP contribution is 2.51. The molecule has 126 valence electrons. The van der Waals surface area contributed by atoms with Crippen molar-refractivity contribution in [1.29, 1.82) is 0 Å². The number of nitrogens with zero attached hydrogens (tertiary/aromatic N) is 1. The van der Waals surface area contributed by atoms with Crippen LogP contribution in [0.15, 0.2) is 89.8 Å². The molecule has 0 radical (unpaired) electrons. The first-order valence-corrected chi connectivity index (χ1v) is 9.89. The summed E-state index contributed by atoms with van der Waals surface area (Å²) >= 11 is 6.12. The Hall–Kier alpha value is -2.30. The van der Waals surface area contributed by atoms with E-state index in [1.807, 2.05) is 59.5 Å². The van der Waals surface area contributed by atoms with Crippen LogP contribution < -0.4 is 4.90 Å². The Labute approximate surface area is 152 Å². The Morgan fingerprint density at radius 1 is 0.800 bits per heavy atom. The molecule has 3 aromatic carbocycles. The molecule has 25 heavy (non-hydrogen) atoms. The van der Waals surface area contributed by atoms with Gasteiger partial charge in [0.25, 0.3) is 0 Å². The molecular formula is C20H16ClNO2S. The van der Waals surface area contributed by atoms with Crippen molar-refractivity contribution >= 4 is 27.1 Å². The molecule has 3 aromatic rings. The highest BCUT2D eigenvalue weighted by Gasteiger charge is 2.57. The minimum Gasteiger partial charge on any atom is -0.342 e. The summed E-state index contributed by atoms with van der Waals surface area (Å²) in [5.41, 5.74) is 1.79. The lowest BCUT2D eigenvalue weighted by molar-refractivity contribution is 0.594. The third-order valence-corrected chi connectivity index (χ3v) is 6.67. The molecule has 0 bridgehead atoms. The molecule has 1 aliphatic heterocycles. The second kappa shape index (κ2) is 6.21. The first kappa shape index (κ1) is 16.2. The zero-order chi connectivity index (χ0) is 17.4. The highest BCUT2D eigenvalue weighted by molar-refractivity contribution is 7.92. The fourth-order valence-corrected chi connectivity index (χ4v) is 5.33. The molecule has 0 amide bonds. The van der Waals surface area contributed by atoms with Gasteiger partial charge in [-0.25, -0.2) is 8.42 Å². The summed E-state index contributed by atoms with van der Waals surface area (Å²) in [7, 11) is -3.49. The Bertz CT molecular complexity index is 990. The topological polar surface area (TPSA) is 37.1 Å². The number of hydrogen-bond acceptors (Lipinski definition) is 3. The van der Waals surface area contributed by atoms with Crippen LogP contribution in [0.1, 0.15) is 11.6 Å². The molecule has 0 spiro atoms. The zero-order valence-electron chi connectivity index (χ0n) is 13.3. The van der Waals surface area contributed by atoms with Gasteiger partial charge < -0.3 is 4.90 Å². The van der Waals surface area contributed by atoms with Crippen molar-refractivity contribution in [1.82, 2.24) is 0 Å². The van der Waals surface area contributed by atoms with Gasteiger partial charge in [0.2, 0.25) is 9.84 Å². The molecule has 4 rings (SSSR count). The summed E-state index contributed by atoms with van der Waals surface area (Å²) in [6.07, 6.45) is 0. The van der Waals surface area contributed by atoms with Gasteiger partial charge in [-0.05, 0) is 42.0 Å². The van der Waals surface area contributed by atoms with E-state index in [1.165, 1.54) is 0 Å². The van der Waals surface area contributed by atoms with E-state index in [-0.39, 0.29) is 6.04 Å². The maximum atomic E-state index is 13.2. The Morgan fingerprint density at radius 3 is 2.08 bits per heavy atom. The van der Waals surface area contributed by atoms with Crippen LogP contribution in [0.2, 0.25) is 5.02 Å². The average Bonchev–Trinajstić information content (AvgIpc) is 3.40. The van der Waals surface area contributed by atoms with Crippen molar-refractivity contribution in [2.45, 2.75) is 16.3 Å². The number of anilines is 1. The molecule has 0 aromatic heterocycles. The molecular weight excluding hydrogens is 354 g/mol. The number of rotatable bonds is 4. The maximum Gasteiger partial charge on any atom is 0.201 e. The van der Waals surface area contributed by atoms with Crippen LogP contribution in [0.3, 0.4) is 0 Å². The second-order valence-corrected chi connectivity index (χ2v) is 8.47. The van der Waals surface area contributed by atoms with Crippen molar-refractivity contribution in [2.24, 2.45) is 0 Å². The van der Waals surface area contributed by atoms with Gasteiger partial charge in [-0.1, -0.05) is 60.1 Å². The van der Waals surface area contributed by atoms with Crippen molar-refractivity contribution in [3.8, 4) is 0 Å². The summed E-state index contributed by atoms with van der Waals surface area (Å²) in [4.78, 5) is 2.26. The Kier molecular flexibility index (Phi) is 4.02. The second-order valence-electron chi connectivity index (χ2n) is 5.99. The Balaban J connectivity index is 1.79. The third kappa shape index (κ3) is 2.92. The molecule has 1 fully saturated rings. The largest absolute Gasteiger partial charge is 0.342 e. The van der Waals surface area contributed by atoms with Crippen LogP contribution in [0.4, 0.5) is 5.69 Å². The molecule has 5 heteroatoms. The summed E-state index contributed by atoms with van der Waals surface area (Å²) in [6, 6.07) is 25.4. The van der Waals surface area contributed by atoms with Crippen LogP contribution in [-0.4, -0.2) is 13.8 Å². The maximum absolute atomic E-state index is 13.2. The van der Waals surface area contributed by atoms with Crippen LogP contribution in [0.5, 0.6) is 0 Å². The number of hydrogen-bond donors (Lipinski definition) is 0. The minimum atomic E-state index is -3.49. The summed E-state index contributed by atoms with van der Waals surface area (Å²) in [5.74, 6) is 0. The van der Waals surface area contributed by atoms with Crippen LogP contribution >= 0.6 is 11.6 Å². The van der Waals surface area contributed by atoms with Gasteiger partial charge in [-0.2, -0.15) is 0 Å². The number of para-hydroxylation sites is 1. The molecule has 2 unspecified atom stereocenters. The molecule has 1 saturated heterocycles. The summed E-state index contributed by atoms with van der Waals surface area (Å²) in [5, 5.41) is -0.0240. The zero-order valence-corrected chi connectivity index (χ0v) is 14.9. The predicted octanol–water partition coefficient (Wildman–Crippen LogP) is 4.70. The van der Waals surface area contributed by atoms with Crippen LogP contribution in [0, 0.1) is 0 Å². The van der Waals surface area contributed by atoms with Gasteiger partial charge in [0.15, 0.2) is 5.37 Å². The molecule has 2 atom stereocenters. The molecule has 3 nitrogen and oxygen atoms in total. The lowest BCUT2D eigenvalue weighted by atomic mass is 10.1.